The predicted octanol–water partition coefficient (Wildman–Crippen LogP) is 3.56. The third kappa shape index (κ3) is 2.04. The minimum atomic E-state index is 0.0727. The first-order chi connectivity index (χ1) is 11.4. The third-order valence-electron chi connectivity index (χ3n) is 8.08. The zero-order valence-electron chi connectivity index (χ0n) is 15.5. The molecule has 0 saturated heterocycles. The molecular formula is C21H32N2O. The molecule has 0 aromatic carbocycles. The highest BCUT2D eigenvalue weighted by Crippen LogP contribution is 2.63. The van der Waals surface area contributed by atoms with Gasteiger partial charge in [-0.05, 0) is 80.7 Å². The van der Waals surface area contributed by atoms with E-state index in [9.17, 15) is 5.11 Å². The molecule has 0 radical (unpaired) electrons. The fourth-order valence-electron chi connectivity index (χ4n) is 6.73. The number of allylic oxidation sites excluding steroid dienone is 4. The van der Waals surface area contributed by atoms with Crippen LogP contribution in [0.1, 0.15) is 39.5 Å². The molecule has 4 rings (SSSR count). The molecule has 2 fully saturated rings. The topological polar surface area (TPSA) is 44.3 Å². The Morgan fingerprint density at radius 1 is 1.08 bits per heavy atom. The third-order valence-corrected chi connectivity index (χ3v) is 8.08. The molecule has 3 N–H and O–H groups in total. The quantitative estimate of drug-likeness (QED) is 0.726. The van der Waals surface area contributed by atoms with Gasteiger partial charge in [-0.25, -0.2) is 0 Å². The first-order valence-electron chi connectivity index (χ1n) is 9.61. The van der Waals surface area contributed by atoms with Gasteiger partial charge < -0.3 is 15.7 Å². The Balaban J connectivity index is 1.78. The molecule has 0 aliphatic heterocycles. The van der Waals surface area contributed by atoms with Gasteiger partial charge in [-0.2, -0.15) is 0 Å². The molecule has 2 unspecified atom stereocenters. The lowest BCUT2D eigenvalue weighted by atomic mass is 9.48. The summed E-state index contributed by atoms with van der Waals surface area (Å²) < 4.78 is 0. The van der Waals surface area contributed by atoms with Crippen LogP contribution in [0.3, 0.4) is 0 Å². The largest absolute Gasteiger partial charge is 0.508 e. The van der Waals surface area contributed by atoms with Crippen LogP contribution in [-0.2, 0) is 0 Å². The minimum absolute atomic E-state index is 0.0727. The molecule has 3 heteroatoms. The summed E-state index contributed by atoms with van der Waals surface area (Å²) in [5.41, 5.74) is 1.79. The second kappa shape index (κ2) is 5.47. The normalized spacial score (nSPS) is 49.8. The van der Waals surface area contributed by atoms with E-state index in [4.69, 9.17) is 0 Å². The molecule has 3 nitrogen and oxygen atoms in total. The standard InChI is InChI=1S/C21H32N2O/c1-20-9-7-14(24)11-13(20)12-17(22-3)19-15-5-6-18(23-4)21(15,2)10-8-16(19)20/h7,9,11-12,15-19,22-24H,5-6,8,10H2,1-4H3/t15-,16+,17?,18?,19-,20-,21-/m0/s1. The van der Waals surface area contributed by atoms with Crippen LogP contribution < -0.4 is 10.6 Å². The number of nitrogens with one attached hydrogen (secondary N) is 2. The molecule has 24 heavy (non-hydrogen) atoms. The molecule has 0 aromatic heterocycles. The van der Waals surface area contributed by atoms with Gasteiger partial charge in [0.1, 0.15) is 5.76 Å². The van der Waals surface area contributed by atoms with Crippen LogP contribution in [0.25, 0.3) is 0 Å². The van der Waals surface area contributed by atoms with E-state index in [1.807, 2.05) is 12.2 Å². The molecule has 2 saturated carbocycles. The van der Waals surface area contributed by atoms with Crippen LogP contribution in [-0.4, -0.2) is 31.3 Å². The SMILES string of the molecule is CNC1C=C2C=C(O)C=C[C@]2(C)[C@@H]2CC[C@]3(C)C(NC)CC[C@H]3[C@H]12. The fraction of sp³-hybridized carbons (Fsp3) is 0.714. The van der Waals surface area contributed by atoms with Crippen LogP contribution in [0.5, 0.6) is 0 Å². The second-order valence-electron chi connectivity index (χ2n) is 8.88. The van der Waals surface area contributed by atoms with Crippen molar-refractivity contribution < 1.29 is 5.11 Å². The van der Waals surface area contributed by atoms with Crippen molar-refractivity contribution in [3.8, 4) is 0 Å². The number of rotatable bonds is 2. The van der Waals surface area contributed by atoms with E-state index in [2.05, 4.69) is 50.7 Å². The van der Waals surface area contributed by atoms with Crippen molar-refractivity contribution in [2.75, 3.05) is 14.1 Å². The molecule has 0 bridgehead atoms. The van der Waals surface area contributed by atoms with Gasteiger partial charge in [0, 0.05) is 17.5 Å². The van der Waals surface area contributed by atoms with Gasteiger partial charge in [-0.3, -0.25) is 0 Å². The van der Waals surface area contributed by atoms with E-state index in [-0.39, 0.29) is 5.41 Å². The van der Waals surface area contributed by atoms with E-state index < -0.39 is 0 Å². The first-order valence-corrected chi connectivity index (χ1v) is 9.61. The van der Waals surface area contributed by atoms with E-state index in [1.165, 1.54) is 31.3 Å². The number of aliphatic hydroxyl groups is 1. The van der Waals surface area contributed by atoms with Gasteiger partial charge in [0.05, 0.1) is 0 Å². The van der Waals surface area contributed by atoms with Crippen LogP contribution in [0, 0.1) is 28.6 Å². The Morgan fingerprint density at radius 3 is 2.58 bits per heavy atom. The number of hydrogen-bond donors (Lipinski definition) is 3. The zero-order valence-corrected chi connectivity index (χ0v) is 15.5. The van der Waals surface area contributed by atoms with Gasteiger partial charge in [0.15, 0.2) is 0 Å². The molecule has 0 heterocycles. The van der Waals surface area contributed by atoms with Gasteiger partial charge in [-0.15, -0.1) is 0 Å². The Bertz CT molecular complexity index is 621. The summed E-state index contributed by atoms with van der Waals surface area (Å²) >= 11 is 0. The molecule has 0 aromatic rings. The Labute approximate surface area is 146 Å². The van der Waals surface area contributed by atoms with Crippen molar-refractivity contribution in [1.82, 2.24) is 10.6 Å². The molecule has 0 amide bonds. The van der Waals surface area contributed by atoms with Crippen LogP contribution in [0.2, 0.25) is 0 Å². The molecule has 0 spiro atoms. The lowest BCUT2D eigenvalue weighted by Crippen LogP contribution is -2.57. The summed E-state index contributed by atoms with van der Waals surface area (Å²) in [6.45, 7) is 4.91. The van der Waals surface area contributed by atoms with Crippen LogP contribution in [0.15, 0.2) is 35.6 Å². The summed E-state index contributed by atoms with van der Waals surface area (Å²) in [7, 11) is 4.23. The second-order valence-corrected chi connectivity index (χ2v) is 8.88. The number of hydrogen-bond acceptors (Lipinski definition) is 3. The number of aliphatic hydroxyl groups excluding tert-OH is 1. The monoisotopic (exact) mass is 328 g/mol. The highest BCUT2D eigenvalue weighted by atomic mass is 16.3. The summed E-state index contributed by atoms with van der Waals surface area (Å²) in [6.07, 6.45) is 13.8. The van der Waals surface area contributed by atoms with Gasteiger partial charge in [-0.1, -0.05) is 26.0 Å². The average Bonchev–Trinajstić information content (AvgIpc) is 2.91. The maximum atomic E-state index is 9.98. The van der Waals surface area contributed by atoms with E-state index in [1.54, 1.807) is 0 Å². The summed E-state index contributed by atoms with van der Waals surface area (Å²) in [4.78, 5) is 0. The van der Waals surface area contributed by atoms with Crippen LogP contribution in [0.4, 0.5) is 0 Å². The van der Waals surface area contributed by atoms with Crippen LogP contribution >= 0.6 is 0 Å². The molecule has 7 atom stereocenters. The smallest absolute Gasteiger partial charge is 0.115 e. The Morgan fingerprint density at radius 2 is 1.88 bits per heavy atom. The van der Waals surface area contributed by atoms with E-state index >= 15 is 0 Å². The maximum absolute atomic E-state index is 9.98. The first kappa shape index (κ1) is 16.4. The van der Waals surface area contributed by atoms with Crippen molar-refractivity contribution in [1.29, 1.82) is 0 Å². The molecule has 4 aliphatic rings. The van der Waals surface area contributed by atoms with Crippen molar-refractivity contribution in [3.05, 3.63) is 35.6 Å². The minimum Gasteiger partial charge on any atom is -0.508 e. The van der Waals surface area contributed by atoms with Crippen molar-refractivity contribution in [2.45, 2.75) is 51.6 Å². The molecule has 132 valence electrons. The van der Waals surface area contributed by atoms with Gasteiger partial charge in [0.2, 0.25) is 0 Å². The van der Waals surface area contributed by atoms with Crippen molar-refractivity contribution >= 4 is 0 Å². The predicted molar refractivity (Wildman–Crippen MR) is 98.8 cm³/mol. The zero-order chi connectivity index (χ0) is 17.1. The lowest BCUT2D eigenvalue weighted by molar-refractivity contribution is -0.0229. The highest BCUT2D eigenvalue weighted by Gasteiger charge is 2.59. The fourth-order valence-corrected chi connectivity index (χ4v) is 6.73. The average molecular weight is 329 g/mol. The summed E-state index contributed by atoms with van der Waals surface area (Å²) in [5.74, 6) is 2.50. The van der Waals surface area contributed by atoms with E-state index in [0.29, 0.717) is 35.1 Å². The van der Waals surface area contributed by atoms with E-state index in [0.717, 1.165) is 5.92 Å². The van der Waals surface area contributed by atoms with Gasteiger partial charge in [0.25, 0.3) is 0 Å². The van der Waals surface area contributed by atoms with Crippen molar-refractivity contribution in [2.24, 2.45) is 28.6 Å². The Hall–Kier alpha value is -1.06. The lowest BCUT2D eigenvalue weighted by Gasteiger charge is -2.58. The maximum Gasteiger partial charge on any atom is 0.115 e. The van der Waals surface area contributed by atoms with Crippen molar-refractivity contribution in [3.63, 3.8) is 0 Å². The number of fused-ring (bicyclic) bond motifs is 5. The molecule has 4 aliphatic carbocycles. The number of likely N-dealkylation sites (N-methyl/N-ethyl adjacent to an activating group) is 1. The van der Waals surface area contributed by atoms with Gasteiger partial charge >= 0.3 is 0 Å². The Kier molecular flexibility index (Phi) is 3.74. The summed E-state index contributed by atoms with van der Waals surface area (Å²) in [5, 5.41) is 17.2. The summed E-state index contributed by atoms with van der Waals surface area (Å²) in [6, 6.07) is 1.07. The highest BCUT2D eigenvalue weighted by molar-refractivity contribution is 5.44. The molecular weight excluding hydrogens is 296 g/mol.